The van der Waals surface area contributed by atoms with Gasteiger partial charge in [0.05, 0.1) is 11.3 Å². The Hall–Kier alpha value is -2.20. The van der Waals surface area contributed by atoms with Crippen LogP contribution >= 0.6 is 11.6 Å². The van der Waals surface area contributed by atoms with Gasteiger partial charge in [0.2, 0.25) is 0 Å². The van der Waals surface area contributed by atoms with Gasteiger partial charge in [-0.25, -0.2) is 4.39 Å². The average Bonchev–Trinajstić information content (AvgIpc) is 3.37. The Morgan fingerprint density at radius 1 is 1.17 bits per heavy atom. The van der Waals surface area contributed by atoms with Gasteiger partial charge in [0.15, 0.2) is 5.82 Å². The highest BCUT2D eigenvalue weighted by Gasteiger charge is 2.30. The fraction of sp³-hybridized carbons (Fsp3) is 0.263. The van der Waals surface area contributed by atoms with Gasteiger partial charge in [-0.1, -0.05) is 23.8 Å². The van der Waals surface area contributed by atoms with E-state index in [0.717, 1.165) is 18.4 Å². The first kappa shape index (κ1) is 16.7. The van der Waals surface area contributed by atoms with Crippen LogP contribution in [0.15, 0.2) is 42.5 Å². The maximum Gasteiger partial charge on any atom is 0.258 e. The number of carbonyl (C=O) groups excluding carboxylic acids is 2. The average molecular weight is 346 g/mol. The van der Waals surface area contributed by atoms with E-state index >= 15 is 0 Å². The van der Waals surface area contributed by atoms with Crippen LogP contribution in [0.2, 0.25) is 0 Å². The van der Waals surface area contributed by atoms with E-state index in [1.807, 2.05) is 19.1 Å². The van der Waals surface area contributed by atoms with Crippen molar-refractivity contribution in [3.8, 4) is 0 Å². The van der Waals surface area contributed by atoms with Gasteiger partial charge >= 0.3 is 0 Å². The second-order valence-corrected chi connectivity index (χ2v) is 6.48. The summed E-state index contributed by atoms with van der Waals surface area (Å²) in [4.78, 5) is 25.7. The van der Waals surface area contributed by atoms with Gasteiger partial charge < -0.3 is 4.90 Å². The molecule has 0 aromatic heterocycles. The van der Waals surface area contributed by atoms with Crippen LogP contribution in [0, 0.1) is 18.7 Å². The maximum atomic E-state index is 14.7. The van der Waals surface area contributed by atoms with Gasteiger partial charge in [-0.2, -0.15) is 0 Å². The van der Waals surface area contributed by atoms with Crippen LogP contribution in [-0.4, -0.2) is 17.7 Å². The molecule has 24 heavy (non-hydrogen) atoms. The second kappa shape index (κ2) is 6.73. The molecule has 1 saturated carbocycles. The Kier molecular flexibility index (Phi) is 4.67. The third-order valence-electron chi connectivity index (χ3n) is 4.16. The fourth-order valence-corrected chi connectivity index (χ4v) is 2.73. The molecule has 0 atom stereocenters. The standard InChI is InChI=1S/C19H17ClFNO2/c1-12-5-9-14(10-6-12)19(24)22(11-13-7-8-13)16-4-2-3-15(17(16)21)18(20)23/h2-6,9-10,13H,7-8,11H2,1H3. The molecule has 124 valence electrons. The highest BCUT2D eigenvalue weighted by atomic mass is 35.5. The summed E-state index contributed by atoms with van der Waals surface area (Å²) in [5, 5.41) is -0.872. The van der Waals surface area contributed by atoms with Gasteiger partial charge in [0.1, 0.15) is 0 Å². The van der Waals surface area contributed by atoms with Crippen molar-refractivity contribution in [2.45, 2.75) is 19.8 Å². The van der Waals surface area contributed by atoms with Crippen molar-refractivity contribution >= 4 is 28.4 Å². The van der Waals surface area contributed by atoms with Crippen LogP contribution in [-0.2, 0) is 0 Å². The molecular weight excluding hydrogens is 329 g/mol. The number of amides is 1. The Balaban J connectivity index is 2.00. The summed E-state index contributed by atoms with van der Waals surface area (Å²) in [6.07, 6.45) is 2.04. The van der Waals surface area contributed by atoms with Crippen molar-refractivity contribution in [2.24, 2.45) is 5.92 Å². The van der Waals surface area contributed by atoms with E-state index in [-0.39, 0.29) is 17.2 Å². The molecule has 2 aromatic carbocycles. The Morgan fingerprint density at radius 2 is 1.83 bits per heavy atom. The highest BCUT2D eigenvalue weighted by Crippen LogP contribution is 2.33. The molecule has 2 aromatic rings. The molecular formula is C19H17ClFNO2. The summed E-state index contributed by atoms with van der Waals surface area (Å²) >= 11 is 5.43. The molecule has 1 aliphatic rings. The number of rotatable bonds is 5. The number of anilines is 1. The molecule has 1 fully saturated rings. The lowest BCUT2D eigenvalue weighted by molar-refractivity contribution is 0.0983. The molecule has 0 unspecified atom stereocenters. The fourth-order valence-electron chi connectivity index (χ4n) is 2.58. The zero-order valence-corrected chi connectivity index (χ0v) is 14.0. The topological polar surface area (TPSA) is 37.4 Å². The Morgan fingerprint density at radius 3 is 2.42 bits per heavy atom. The van der Waals surface area contributed by atoms with Crippen molar-refractivity contribution in [1.29, 1.82) is 0 Å². The van der Waals surface area contributed by atoms with Crippen molar-refractivity contribution in [3.63, 3.8) is 0 Å². The minimum absolute atomic E-state index is 0.0963. The summed E-state index contributed by atoms with van der Waals surface area (Å²) < 4.78 is 14.7. The number of hydrogen-bond donors (Lipinski definition) is 0. The van der Waals surface area contributed by atoms with Gasteiger partial charge in [-0.15, -0.1) is 0 Å². The number of benzene rings is 2. The van der Waals surface area contributed by atoms with Crippen LogP contribution < -0.4 is 4.90 Å². The molecule has 3 nitrogen and oxygen atoms in total. The minimum atomic E-state index is -0.872. The molecule has 0 heterocycles. The molecule has 1 amide bonds. The molecule has 0 aliphatic heterocycles. The summed E-state index contributed by atoms with van der Waals surface area (Å²) in [5.41, 5.74) is 1.41. The lowest BCUT2D eigenvalue weighted by Crippen LogP contribution is -2.34. The number of hydrogen-bond acceptors (Lipinski definition) is 2. The zero-order valence-electron chi connectivity index (χ0n) is 13.3. The third-order valence-corrected chi connectivity index (χ3v) is 4.37. The lowest BCUT2D eigenvalue weighted by atomic mass is 10.1. The number of halogens is 2. The molecule has 0 bridgehead atoms. The molecule has 0 radical (unpaired) electrons. The van der Waals surface area contributed by atoms with Crippen LogP contribution in [0.25, 0.3) is 0 Å². The van der Waals surface area contributed by atoms with E-state index in [1.54, 1.807) is 12.1 Å². The monoisotopic (exact) mass is 345 g/mol. The molecule has 3 rings (SSSR count). The van der Waals surface area contributed by atoms with E-state index in [4.69, 9.17) is 11.6 Å². The Labute approximate surface area is 145 Å². The van der Waals surface area contributed by atoms with Crippen molar-refractivity contribution in [1.82, 2.24) is 0 Å². The molecule has 0 spiro atoms. The number of nitrogens with zero attached hydrogens (tertiary/aromatic N) is 1. The van der Waals surface area contributed by atoms with Crippen molar-refractivity contribution in [2.75, 3.05) is 11.4 Å². The van der Waals surface area contributed by atoms with E-state index < -0.39 is 11.1 Å². The number of carbonyl (C=O) groups is 2. The summed E-state index contributed by atoms with van der Waals surface area (Å²) in [6.45, 7) is 2.37. The Bertz CT molecular complexity index is 784. The van der Waals surface area contributed by atoms with Crippen LogP contribution in [0.1, 0.15) is 39.1 Å². The number of aryl methyl sites for hydroxylation is 1. The third kappa shape index (κ3) is 3.49. The normalized spacial score (nSPS) is 13.6. The van der Waals surface area contributed by atoms with Gasteiger partial charge in [-0.05, 0) is 61.5 Å². The van der Waals surface area contributed by atoms with Crippen LogP contribution in [0.4, 0.5) is 10.1 Å². The second-order valence-electron chi connectivity index (χ2n) is 6.14. The van der Waals surface area contributed by atoms with E-state index in [2.05, 4.69) is 0 Å². The summed E-state index contributed by atoms with van der Waals surface area (Å²) in [7, 11) is 0. The smallest absolute Gasteiger partial charge is 0.258 e. The van der Waals surface area contributed by atoms with Crippen LogP contribution in [0.5, 0.6) is 0 Å². The highest BCUT2D eigenvalue weighted by molar-refractivity contribution is 6.67. The summed E-state index contributed by atoms with van der Waals surface area (Å²) in [6, 6.07) is 11.5. The quantitative estimate of drug-likeness (QED) is 0.744. The summed E-state index contributed by atoms with van der Waals surface area (Å²) in [5.74, 6) is -0.659. The zero-order chi connectivity index (χ0) is 17.3. The first-order valence-corrected chi connectivity index (χ1v) is 8.22. The van der Waals surface area contributed by atoms with Gasteiger partial charge in [0, 0.05) is 12.1 Å². The molecule has 0 saturated heterocycles. The molecule has 0 N–H and O–H groups in total. The first-order chi connectivity index (χ1) is 11.5. The molecule has 1 aliphatic carbocycles. The first-order valence-electron chi connectivity index (χ1n) is 7.84. The minimum Gasteiger partial charge on any atom is -0.305 e. The van der Waals surface area contributed by atoms with E-state index in [9.17, 15) is 14.0 Å². The predicted molar refractivity (Wildman–Crippen MR) is 92.2 cm³/mol. The molecule has 5 heteroatoms. The van der Waals surface area contributed by atoms with Crippen molar-refractivity contribution in [3.05, 3.63) is 65.0 Å². The lowest BCUT2D eigenvalue weighted by Gasteiger charge is -2.24. The van der Waals surface area contributed by atoms with Gasteiger partial charge in [-0.3, -0.25) is 9.59 Å². The SMILES string of the molecule is Cc1ccc(C(=O)N(CC2CC2)c2cccc(C(=O)Cl)c2F)cc1. The predicted octanol–water partition coefficient (Wildman–Crippen LogP) is 4.57. The van der Waals surface area contributed by atoms with E-state index in [0.29, 0.717) is 18.0 Å². The largest absolute Gasteiger partial charge is 0.305 e. The van der Waals surface area contributed by atoms with Gasteiger partial charge in [0.25, 0.3) is 11.1 Å². The van der Waals surface area contributed by atoms with E-state index in [1.165, 1.54) is 23.1 Å². The van der Waals surface area contributed by atoms with Crippen molar-refractivity contribution < 1.29 is 14.0 Å². The van der Waals surface area contributed by atoms with Crippen LogP contribution in [0.3, 0.4) is 0 Å². The maximum absolute atomic E-state index is 14.7.